The van der Waals surface area contributed by atoms with Gasteiger partial charge >= 0.3 is 0 Å². The molecule has 0 saturated heterocycles. The molecule has 0 aliphatic rings. The van der Waals surface area contributed by atoms with E-state index in [0.29, 0.717) is 17.4 Å². The van der Waals surface area contributed by atoms with Crippen molar-refractivity contribution in [1.29, 1.82) is 0 Å². The minimum atomic E-state index is -0.447. The van der Waals surface area contributed by atoms with E-state index in [1.807, 2.05) is 37.3 Å². The van der Waals surface area contributed by atoms with Crippen molar-refractivity contribution in [3.63, 3.8) is 0 Å². The first-order valence-electron chi connectivity index (χ1n) is 8.86. The highest BCUT2D eigenvalue weighted by Gasteiger charge is 2.16. The topological polar surface area (TPSA) is 102 Å². The number of nitro benzene ring substituents is 1. The average molecular weight is 456 g/mol. The predicted molar refractivity (Wildman–Crippen MR) is 113 cm³/mol. The molecular formula is C20H18BrN5O3. The molecule has 0 aliphatic carbocycles. The van der Waals surface area contributed by atoms with E-state index >= 15 is 0 Å². The summed E-state index contributed by atoms with van der Waals surface area (Å²) in [6.45, 7) is 2.34. The standard InChI is InChI=1S/C20H18BrN5O3/c1-2-18(15-6-4-3-5-7-15)22-23-20(27)19-17(21)13-25(24-19)12-14-8-10-16(11-9-14)26(28)29/h3-11,13H,2,12H2,1H3,(H,23,27). The molecule has 2 aromatic carbocycles. The van der Waals surface area contributed by atoms with E-state index in [0.717, 1.165) is 16.8 Å². The summed E-state index contributed by atoms with van der Waals surface area (Å²) < 4.78 is 2.12. The second-order valence-corrected chi connectivity index (χ2v) is 7.02. The van der Waals surface area contributed by atoms with Gasteiger partial charge in [0.05, 0.1) is 21.7 Å². The lowest BCUT2D eigenvalue weighted by Crippen LogP contribution is -2.21. The van der Waals surface area contributed by atoms with Crippen molar-refractivity contribution in [2.45, 2.75) is 19.9 Å². The average Bonchev–Trinajstić information content (AvgIpc) is 3.09. The monoisotopic (exact) mass is 455 g/mol. The third kappa shape index (κ3) is 5.14. The minimum absolute atomic E-state index is 0.0264. The van der Waals surface area contributed by atoms with Gasteiger partial charge in [-0.25, -0.2) is 5.43 Å². The van der Waals surface area contributed by atoms with Gasteiger partial charge in [0.1, 0.15) is 0 Å². The predicted octanol–water partition coefficient (Wildman–Crippen LogP) is 4.15. The number of benzene rings is 2. The molecule has 0 atom stereocenters. The van der Waals surface area contributed by atoms with Crippen molar-refractivity contribution in [3.8, 4) is 0 Å². The molecule has 0 spiro atoms. The number of nitro groups is 1. The lowest BCUT2D eigenvalue weighted by molar-refractivity contribution is -0.384. The first-order chi connectivity index (χ1) is 14.0. The Morgan fingerprint density at radius 2 is 1.90 bits per heavy atom. The van der Waals surface area contributed by atoms with Crippen LogP contribution in [0.4, 0.5) is 5.69 Å². The quantitative estimate of drug-likeness (QED) is 0.328. The molecule has 29 heavy (non-hydrogen) atoms. The maximum atomic E-state index is 12.5. The van der Waals surface area contributed by atoms with Gasteiger partial charge in [-0.3, -0.25) is 19.6 Å². The van der Waals surface area contributed by atoms with E-state index in [1.54, 1.807) is 23.0 Å². The summed E-state index contributed by atoms with van der Waals surface area (Å²) in [4.78, 5) is 22.8. The molecule has 0 unspecified atom stereocenters. The second-order valence-electron chi connectivity index (χ2n) is 6.17. The Bertz CT molecular complexity index is 1050. The van der Waals surface area contributed by atoms with E-state index in [-0.39, 0.29) is 11.4 Å². The van der Waals surface area contributed by atoms with Crippen LogP contribution in [0, 0.1) is 10.1 Å². The van der Waals surface area contributed by atoms with Crippen molar-refractivity contribution in [1.82, 2.24) is 15.2 Å². The molecule has 1 amide bonds. The number of carbonyl (C=O) groups excluding carboxylic acids is 1. The van der Waals surface area contributed by atoms with Gasteiger partial charge in [0.2, 0.25) is 0 Å². The van der Waals surface area contributed by atoms with E-state index in [1.165, 1.54) is 12.1 Å². The van der Waals surface area contributed by atoms with Gasteiger partial charge in [-0.15, -0.1) is 0 Å². The maximum absolute atomic E-state index is 12.5. The molecule has 1 heterocycles. The summed E-state index contributed by atoms with van der Waals surface area (Å²) in [6, 6.07) is 15.8. The molecule has 0 fully saturated rings. The Morgan fingerprint density at radius 3 is 2.52 bits per heavy atom. The molecule has 0 saturated carbocycles. The van der Waals surface area contributed by atoms with Crippen LogP contribution in [0.5, 0.6) is 0 Å². The number of aromatic nitrogens is 2. The summed E-state index contributed by atoms with van der Waals surface area (Å²) in [6.07, 6.45) is 2.35. The van der Waals surface area contributed by atoms with Crippen LogP contribution in [0.1, 0.15) is 35.0 Å². The number of amides is 1. The van der Waals surface area contributed by atoms with Crippen LogP contribution in [-0.4, -0.2) is 26.3 Å². The lowest BCUT2D eigenvalue weighted by atomic mass is 10.1. The number of halogens is 1. The van der Waals surface area contributed by atoms with Gasteiger partial charge in [0.15, 0.2) is 5.69 Å². The summed E-state index contributed by atoms with van der Waals surface area (Å²) >= 11 is 3.35. The van der Waals surface area contributed by atoms with Crippen molar-refractivity contribution in [2.24, 2.45) is 5.10 Å². The molecule has 0 bridgehead atoms. The number of nitrogens with zero attached hydrogens (tertiary/aromatic N) is 4. The second kappa shape index (κ2) is 9.24. The van der Waals surface area contributed by atoms with Gasteiger partial charge in [-0.1, -0.05) is 49.4 Å². The molecule has 0 radical (unpaired) electrons. The number of non-ortho nitro benzene ring substituents is 1. The number of rotatable bonds is 7. The minimum Gasteiger partial charge on any atom is -0.266 e. The lowest BCUT2D eigenvalue weighted by Gasteiger charge is -2.04. The van der Waals surface area contributed by atoms with Crippen LogP contribution in [-0.2, 0) is 6.54 Å². The van der Waals surface area contributed by atoms with Crippen molar-refractivity contribution < 1.29 is 9.72 Å². The first kappa shape index (κ1) is 20.4. The van der Waals surface area contributed by atoms with Crippen molar-refractivity contribution in [3.05, 3.63) is 92.2 Å². The zero-order valence-corrected chi connectivity index (χ0v) is 17.2. The normalized spacial score (nSPS) is 11.3. The molecule has 1 aromatic heterocycles. The van der Waals surface area contributed by atoms with Gasteiger partial charge in [0, 0.05) is 18.3 Å². The number of hydrazone groups is 1. The summed E-state index contributed by atoms with van der Waals surface area (Å²) in [7, 11) is 0. The molecule has 8 nitrogen and oxygen atoms in total. The van der Waals surface area contributed by atoms with Gasteiger partial charge in [0.25, 0.3) is 11.6 Å². The van der Waals surface area contributed by atoms with Gasteiger partial charge < -0.3 is 0 Å². The molecule has 148 valence electrons. The number of carbonyl (C=O) groups is 1. The van der Waals surface area contributed by atoms with Crippen LogP contribution in [0.2, 0.25) is 0 Å². The van der Waals surface area contributed by atoms with Gasteiger partial charge in [-0.2, -0.15) is 10.2 Å². The van der Waals surface area contributed by atoms with Crippen LogP contribution < -0.4 is 5.43 Å². The molecule has 9 heteroatoms. The van der Waals surface area contributed by atoms with E-state index in [9.17, 15) is 14.9 Å². The Hall–Kier alpha value is -3.33. The smallest absolute Gasteiger partial charge is 0.266 e. The molecular weight excluding hydrogens is 438 g/mol. The third-order valence-corrected chi connectivity index (χ3v) is 4.74. The van der Waals surface area contributed by atoms with Crippen LogP contribution in [0.25, 0.3) is 0 Å². The number of hydrogen-bond donors (Lipinski definition) is 1. The Labute approximate surface area is 175 Å². The maximum Gasteiger partial charge on any atom is 0.293 e. The fourth-order valence-electron chi connectivity index (χ4n) is 2.69. The highest BCUT2D eigenvalue weighted by Crippen LogP contribution is 2.17. The number of hydrogen-bond acceptors (Lipinski definition) is 5. The first-order valence-corrected chi connectivity index (χ1v) is 9.66. The molecule has 3 aromatic rings. The van der Waals surface area contributed by atoms with Gasteiger partial charge in [-0.05, 0) is 33.5 Å². The zero-order chi connectivity index (χ0) is 20.8. The van der Waals surface area contributed by atoms with Crippen molar-refractivity contribution >= 4 is 33.2 Å². The summed E-state index contributed by atoms with van der Waals surface area (Å²) in [5.41, 5.74) is 5.32. The van der Waals surface area contributed by atoms with Crippen LogP contribution >= 0.6 is 15.9 Å². The van der Waals surface area contributed by atoms with Crippen LogP contribution in [0.3, 0.4) is 0 Å². The van der Waals surface area contributed by atoms with E-state index in [4.69, 9.17) is 0 Å². The SMILES string of the molecule is CCC(=NNC(=O)c1nn(Cc2ccc([N+](=O)[O-])cc2)cc1Br)c1ccccc1. The Balaban J connectivity index is 1.71. The fraction of sp³-hybridized carbons (Fsp3) is 0.150. The Kier molecular flexibility index (Phi) is 6.50. The molecule has 1 N–H and O–H groups in total. The zero-order valence-electron chi connectivity index (χ0n) is 15.6. The van der Waals surface area contributed by atoms with Crippen molar-refractivity contribution in [2.75, 3.05) is 0 Å². The van der Waals surface area contributed by atoms with Crippen LogP contribution in [0.15, 0.2) is 70.4 Å². The summed E-state index contributed by atoms with van der Waals surface area (Å²) in [5, 5.41) is 19.3. The highest BCUT2D eigenvalue weighted by atomic mass is 79.9. The third-order valence-electron chi connectivity index (χ3n) is 4.16. The van der Waals surface area contributed by atoms with E-state index < -0.39 is 10.8 Å². The van der Waals surface area contributed by atoms with E-state index in [2.05, 4.69) is 31.6 Å². The molecule has 3 rings (SSSR count). The largest absolute Gasteiger partial charge is 0.293 e. The Morgan fingerprint density at radius 1 is 1.21 bits per heavy atom. The number of nitrogens with one attached hydrogen (secondary N) is 1. The highest BCUT2D eigenvalue weighted by molar-refractivity contribution is 9.10. The fourth-order valence-corrected chi connectivity index (χ4v) is 3.19. The summed E-state index contributed by atoms with van der Waals surface area (Å²) in [5.74, 6) is -0.429. The molecule has 0 aliphatic heterocycles.